The van der Waals surface area contributed by atoms with Gasteiger partial charge in [0.25, 0.3) is 0 Å². The van der Waals surface area contributed by atoms with Crippen LogP contribution in [-0.2, 0) is 28.5 Å². The van der Waals surface area contributed by atoms with E-state index in [9.17, 15) is 19.2 Å². The molecule has 3 N–H and O–H groups in total. The average molecular weight is 640 g/mol. The number of piperidine rings is 2. The summed E-state index contributed by atoms with van der Waals surface area (Å²) in [5.74, 6) is -0.411. The molecule has 45 heavy (non-hydrogen) atoms. The van der Waals surface area contributed by atoms with Crippen LogP contribution in [0.1, 0.15) is 114 Å². The first-order valence-corrected chi connectivity index (χ1v) is 16.2. The van der Waals surface area contributed by atoms with Crippen LogP contribution in [0.4, 0.5) is 9.59 Å². The van der Waals surface area contributed by atoms with Crippen molar-refractivity contribution in [3.63, 3.8) is 0 Å². The number of amides is 3. The van der Waals surface area contributed by atoms with Gasteiger partial charge in [0.2, 0.25) is 11.9 Å². The molecule has 0 aromatic heterocycles. The maximum atomic E-state index is 13.2. The summed E-state index contributed by atoms with van der Waals surface area (Å²) in [6.07, 6.45) is 3.66. The van der Waals surface area contributed by atoms with E-state index in [1.807, 2.05) is 30.6 Å². The molecule has 0 saturated carbocycles. The van der Waals surface area contributed by atoms with E-state index in [0.717, 1.165) is 19.3 Å². The number of alkyl carbamates (subject to hydrolysis) is 1. The highest BCUT2D eigenvalue weighted by atomic mass is 16.6. The van der Waals surface area contributed by atoms with Crippen LogP contribution in [0.5, 0.6) is 0 Å². The zero-order chi connectivity index (χ0) is 34.0. The molecule has 0 aromatic carbocycles. The molecule has 2 heterocycles. The minimum atomic E-state index is -0.803. The Labute approximate surface area is 268 Å². The molecule has 2 rings (SSSR count). The van der Waals surface area contributed by atoms with Gasteiger partial charge in [0.15, 0.2) is 0 Å². The Kier molecular flexibility index (Phi) is 14.1. The quantitative estimate of drug-likeness (QED) is 0.167. The summed E-state index contributed by atoms with van der Waals surface area (Å²) in [6, 6.07) is -0.723. The molecular formula is C32H57N5O8. The van der Waals surface area contributed by atoms with E-state index >= 15 is 0 Å². The first kappa shape index (κ1) is 38.3. The summed E-state index contributed by atoms with van der Waals surface area (Å²) < 4.78 is 22.3. The van der Waals surface area contributed by atoms with Gasteiger partial charge >= 0.3 is 18.2 Å². The van der Waals surface area contributed by atoms with Crippen LogP contribution in [-0.4, -0.2) is 101 Å². The molecule has 2 fully saturated rings. The number of ether oxygens (including phenoxy) is 4. The minimum absolute atomic E-state index is 0.0191. The molecule has 0 spiro atoms. The second-order valence-electron chi connectivity index (χ2n) is 14.8. The van der Waals surface area contributed by atoms with Crippen LogP contribution in [0.15, 0.2) is 4.99 Å². The van der Waals surface area contributed by atoms with E-state index in [0.29, 0.717) is 45.5 Å². The number of carbonyl (C=O) groups excluding carboxylic acids is 4. The molecule has 3 amide bonds. The Balaban J connectivity index is 1.89. The lowest BCUT2D eigenvalue weighted by atomic mass is 9.97. The van der Waals surface area contributed by atoms with Crippen LogP contribution in [0, 0.1) is 0 Å². The number of aliphatic imine (C=N–C) groups is 1. The number of carbonyl (C=O) groups is 4. The Hall–Kier alpha value is -2.93. The maximum absolute atomic E-state index is 13.2. The van der Waals surface area contributed by atoms with Crippen molar-refractivity contribution in [2.75, 3.05) is 26.2 Å². The molecule has 0 aliphatic carbocycles. The first-order valence-electron chi connectivity index (χ1n) is 16.2. The fourth-order valence-corrected chi connectivity index (χ4v) is 5.14. The topological polar surface area (TPSA) is 162 Å². The van der Waals surface area contributed by atoms with Gasteiger partial charge in [-0.25, -0.2) is 9.59 Å². The van der Waals surface area contributed by atoms with E-state index in [2.05, 4.69) is 10.3 Å². The lowest BCUT2D eigenvalue weighted by Gasteiger charge is -2.38. The Morgan fingerprint density at radius 3 is 2.02 bits per heavy atom. The smallest absolute Gasteiger partial charge is 0.437 e. The lowest BCUT2D eigenvalue weighted by molar-refractivity contribution is -0.155. The molecule has 258 valence electrons. The second kappa shape index (κ2) is 16.6. The van der Waals surface area contributed by atoms with Gasteiger partial charge in [-0.05, 0) is 107 Å². The zero-order valence-electron chi connectivity index (χ0n) is 28.9. The Bertz CT molecular complexity index is 1040. The van der Waals surface area contributed by atoms with Crippen molar-refractivity contribution < 1.29 is 38.1 Å². The standard InChI is InChI=1S/C32H57N5O8/c1-30(2,3)43-25(38)14-13-24(33)26(39)37-18-11-10-12-22(37)17-21-42-23-15-19-36(20-16-23)27(34-28(40)44-31(4,5)6)35-29(41)45-32(7,8)9/h22-24H,10-21,33H2,1-9H3,(H,34,35,40,41)/t22-,24+/m1/s1. The normalized spacial score (nSPS) is 19.5. The molecule has 0 bridgehead atoms. The van der Waals surface area contributed by atoms with Crippen molar-refractivity contribution in [1.29, 1.82) is 0 Å². The summed E-state index contributed by atoms with van der Waals surface area (Å²) >= 11 is 0. The molecule has 0 aromatic rings. The average Bonchev–Trinajstić information content (AvgIpc) is 2.88. The summed E-state index contributed by atoms with van der Waals surface area (Å²) in [7, 11) is 0. The molecule has 13 heteroatoms. The molecule has 13 nitrogen and oxygen atoms in total. The van der Waals surface area contributed by atoms with Crippen LogP contribution in [0.2, 0.25) is 0 Å². The molecule has 0 unspecified atom stereocenters. The van der Waals surface area contributed by atoms with Crippen LogP contribution >= 0.6 is 0 Å². The van der Waals surface area contributed by atoms with Gasteiger partial charge in [0.1, 0.15) is 16.8 Å². The Morgan fingerprint density at radius 2 is 1.44 bits per heavy atom. The molecule has 0 radical (unpaired) electrons. The molecular weight excluding hydrogens is 582 g/mol. The van der Waals surface area contributed by atoms with Gasteiger partial charge in [-0.2, -0.15) is 0 Å². The summed E-state index contributed by atoms with van der Waals surface area (Å²) in [4.78, 5) is 58.0. The fraction of sp³-hybridized carbons (Fsp3) is 0.844. The summed E-state index contributed by atoms with van der Waals surface area (Å²) in [6.45, 7) is 18.1. The van der Waals surface area contributed by atoms with Crippen LogP contribution in [0.3, 0.4) is 0 Å². The number of nitrogens with two attached hydrogens (primary N) is 1. The van der Waals surface area contributed by atoms with Gasteiger partial charge < -0.3 is 34.5 Å². The predicted octanol–water partition coefficient (Wildman–Crippen LogP) is 4.50. The molecule has 2 atom stereocenters. The number of rotatable bonds is 8. The van der Waals surface area contributed by atoms with E-state index < -0.39 is 35.0 Å². The maximum Gasteiger partial charge on any atom is 0.437 e. The highest BCUT2D eigenvalue weighted by Gasteiger charge is 2.32. The minimum Gasteiger partial charge on any atom is -0.460 e. The van der Waals surface area contributed by atoms with Gasteiger partial charge in [-0.15, -0.1) is 4.99 Å². The van der Waals surface area contributed by atoms with E-state index in [-0.39, 0.29) is 42.8 Å². The monoisotopic (exact) mass is 639 g/mol. The summed E-state index contributed by atoms with van der Waals surface area (Å²) in [5, 5.41) is 2.61. The first-order chi connectivity index (χ1) is 20.7. The van der Waals surface area contributed by atoms with Crippen LogP contribution in [0.25, 0.3) is 0 Å². The molecule has 2 aliphatic heterocycles. The van der Waals surface area contributed by atoms with Crippen LogP contribution < -0.4 is 11.1 Å². The van der Waals surface area contributed by atoms with Crippen molar-refractivity contribution >= 4 is 30.0 Å². The van der Waals surface area contributed by atoms with Crippen molar-refractivity contribution in [3.8, 4) is 0 Å². The van der Waals surface area contributed by atoms with Gasteiger partial charge in [-0.3, -0.25) is 14.9 Å². The third-order valence-electron chi connectivity index (χ3n) is 7.06. The predicted molar refractivity (Wildman–Crippen MR) is 171 cm³/mol. The highest BCUT2D eigenvalue weighted by molar-refractivity contribution is 5.99. The van der Waals surface area contributed by atoms with E-state index in [4.69, 9.17) is 24.7 Å². The van der Waals surface area contributed by atoms with Gasteiger partial charge in [-0.1, -0.05) is 0 Å². The molecule has 2 saturated heterocycles. The third-order valence-corrected chi connectivity index (χ3v) is 7.06. The van der Waals surface area contributed by atoms with Crippen molar-refractivity contribution in [1.82, 2.24) is 15.1 Å². The lowest BCUT2D eigenvalue weighted by Crippen LogP contribution is -2.51. The highest BCUT2D eigenvalue weighted by Crippen LogP contribution is 2.23. The SMILES string of the molecule is CC(C)(C)OC(=O)CC[C@H](N)C(=O)N1CCCC[C@@H]1CCOC1CCN(C(=NC(=O)OC(C)(C)C)NC(=O)OC(C)(C)C)CC1. The third kappa shape index (κ3) is 15.3. The van der Waals surface area contributed by atoms with Crippen molar-refractivity contribution in [3.05, 3.63) is 0 Å². The van der Waals surface area contributed by atoms with E-state index in [1.54, 1.807) is 41.5 Å². The number of guanidine groups is 1. The second-order valence-corrected chi connectivity index (χ2v) is 14.8. The number of esters is 1. The number of hydrogen-bond acceptors (Lipinski definition) is 9. The Morgan fingerprint density at radius 1 is 0.844 bits per heavy atom. The number of likely N-dealkylation sites (tertiary alicyclic amines) is 2. The molecule has 2 aliphatic rings. The number of nitrogens with zero attached hydrogens (tertiary/aromatic N) is 3. The summed E-state index contributed by atoms with van der Waals surface area (Å²) in [5.41, 5.74) is 4.19. The largest absolute Gasteiger partial charge is 0.460 e. The number of nitrogens with one attached hydrogen (secondary N) is 1. The van der Waals surface area contributed by atoms with Crippen molar-refractivity contribution in [2.45, 2.75) is 149 Å². The van der Waals surface area contributed by atoms with Gasteiger partial charge in [0.05, 0.1) is 12.1 Å². The van der Waals surface area contributed by atoms with Crippen molar-refractivity contribution in [2.24, 2.45) is 10.7 Å². The van der Waals surface area contributed by atoms with Gasteiger partial charge in [0, 0.05) is 38.7 Å². The fourth-order valence-electron chi connectivity index (χ4n) is 5.14. The van der Waals surface area contributed by atoms with E-state index in [1.165, 1.54) is 0 Å². The number of hydrogen-bond donors (Lipinski definition) is 2. The zero-order valence-corrected chi connectivity index (χ0v) is 28.9.